The van der Waals surface area contributed by atoms with E-state index in [1.165, 1.54) is 5.56 Å². The molecular weight excluding hydrogens is 386 g/mol. The Kier molecular flexibility index (Phi) is 3.49. The molecule has 0 aliphatic carbocycles. The highest BCUT2D eigenvalue weighted by molar-refractivity contribution is 6.16. The van der Waals surface area contributed by atoms with Crippen molar-refractivity contribution in [2.45, 2.75) is 52.4 Å². The van der Waals surface area contributed by atoms with Crippen LogP contribution in [0, 0.1) is 0 Å². The van der Waals surface area contributed by atoms with Crippen LogP contribution in [0.3, 0.4) is 0 Å². The lowest BCUT2D eigenvalue weighted by molar-refractivity contribution is 0.593. The predicted octanol–water partition coefficient (Wildman–Crippen LogP) is 8.80. The molecule has 0 amide bonds. The Morgan fingerprint density at radius 3 is 2.06 bits per heavy atom. The zero-order chi connectivity index (χ0) is 27.0. The SMILES string of the molecule is [2H]c1c([2H])c([2H])c(-c2ccc3c(C(C)(C)C)c4c(ccc5cccnc54)c(C(C)(C)C)c3c2)c([2H])c1[2H]. The number of hydrogen-bond donors (Lipinski definition) is 0. The Labute approximate surface area is 198 Å². The second-order valence-electron chi connectivity index (χ2n) is 10.6. The molecule has 160 valence electrons. The van der Waals surface area contributed by atoms with Gasteiger partial charge in [-0.3, -0.25) is 4.98 Å². The minimum Gasteiger partial charge on any atom is -0.256 e. The van der Waals surface area contributed by atoms with Crippen LogP contribution < -0.4 is 0 Å². The molecule has 0 saturated carbocycles. The van der Waals surface area contributed by atoms with Crippen molar-refractivity contribution in [2.75, 3.05) is 0 Å². The fourth-order valence-electron chi connectivity index (χ4n) is 4.99. The van der Waals surface area contributed by atoms with Crippen LogP contribution in [0.2, 0.25) is 0 Å². The topological polar surface area (TPSA) is 12.9 Å². The molecule has 0 spiro atoms. The summed E-state index contributed by atoms with van der Waals surface area (Å²) in [6, 6.07) is 12.9. The average molecular weight is 423 g/mol. The van der Waals surface area contributed by atoms with Gasteiger partial charge in [0.1, 0.15) is 0 Å². The van der Waals surface area contributed by atoms with E-state index < -0.39 is 0 Å². The molecule has 0 radical (unpaired) electrons. The molecule has 5 aromatic rings. The zero-order valence-electron chi connectivity index (χ0n) is 24.6. The molecule has 5 rings (SSSR count). The van der Waals surface area contributed by atoms with Gasteiger partial charge in [-0.2, -0.15) is 0 Å². The molecule has 0 unspecified atom stereocenters. The molecule has 0 aliphatic rings. The standard InChI is InChI=1S/C31H31N/c1-30(2,3)27-24-17-14-21-13-10-18-32-29(21)26(24)28(31(4,5)6)23-16-15-22(19-25(23)27)20-11-8-7-9-12-20/h7-19H,1-6H3/i7D,8D,9D,11D,12D. The van der Waals surface area contributed by atoms with Gasteiger partial charge in [-0.1, -0.05) is 102 Å². The highest BCUT2D eigenvalue weighted by Gasteiger charge is 2.28. The Morgan fingerprint density at radius 1 is 0.688 bits per heavy atom. The summed E-state index contributed by atoms with van der Waals surface area (Å²) in [7, 11) is 0. The zero-order valence-corrected chi connectivity index (χ0v) is 19.6. The van der Waals surface area contributed by atoms with Gasteiger partial charge < -0.3 is 0 Å². The van der Waals surface area contributed by atoms with E-state index in [9.17, 15) is 0 Å². The summed E-state index contributed by atoms with van der Waals surface area (Å²) < 4.78 is 41.4. The van der Waals surface area contributed by atoms with Crippen molar-refractivity contribution in [1.82, 2.24) is 4.98 Å². The Balaban J connectivity index is 2.04. The van der Waals surface area contributed by atoms with Crippen LogP contribution in [0.5, 0.6) is 0 Å². The molecular formula is C31H31N. The first kappa shape index (κ1) is 15.6. The molecule has 1 heteroatoms. The highest BCUT2D eigenvalue weighted by Crippen LogP contribution is 2.46. The van der Waals surface area contributed by atoms with E-state index in [0.29, 0.717) is 5.56 Å². The summed E-state index contributed by atoms with van der Waals surface area (Å²) in [5.41, 5.74) is 3.75. The fraction of sp³-hybridized carbons (Fsp3) is 0.258. The quantitative estimate of drug-likeness (QED) is 0.194. The van der Waals surface area contributed by atoms with Gasteiger partial charge in [-0.25, -0.2) is 0 Å². The van der Waals surface area contributed by atoms with Crippen LogP contribution in [0.15, 0.2) is 78.9 Å². The lowest BCUT2D eigenvalue weighted by Crippen LogP contribution is -2.18. The summed E-state index contributed by atoms with van der Waals surface area (Å²) in [5, 5.41) is 5.51. The maximum Gasteiger partial charge on any atom is 0.0783 e. The van der Waals surface area contributed by atoms with Gasteiger partial charge in [0.05, 0.1) is 12.4 Å². The van der Waals surface area contributed by atoms with E-state index in [-0.39, 0.29) is 46.6 Å². The first-order valence-electron chi connectivity index (χ1n) is 13.6. The molecule has 1 aromatic heterocycles. The molecule has 0 aliphatic heterocycles. The maximum absolute atomic E-state index is 8.54. The number of fused-ring (bicyclic) bond motifs is 4. The second-order valence-corrected chi connectivity index (χ2v) is 10.6. The van der Waals surface area contributed by atoms with Gasteiger partial charge >= 0.3 is 0 Å². The van der Waals surface area contributed by atoms with Crippen molar-refractivity contribution in [3.63, 3.8) is 0 Å². The Hall–Kier alpha value is -3.19. The van der Waals surface area contributed by atoms with E-state index in [1.54, 1.807) is 0 Å². The maximum atomic E-state index is 8.54. The third-order valence-electron chi connectivity index (χ3n) is 6.14. The Morgan fingerprint density at radius 2 is 1.38 bits per heavy atom. The van der Waals surface area contributed by atoms with Crippen LogP contribution in [0.4, 0.5) is 0 Å². The average Bonchev–Trinajstić information content (AvgIpc) is 2.83. The van der Waals surface area contributed by atoms with Gasteiger partial charge in [-0.15, -0.1) is 0 Å². The number of nitrogens with zero attached hydrogens (tertiary/aromatic N) is 1. The van der Waals surface area contributed by atoms with Crippen LogP contribution in [0.25, 0.3) is 43.6 Å². The van der Waals surface area contributed by atoms with Crippen molar-refractivity contribution in [3.8, 4) is 11.1 Å². The summed E-state index contributed by atoms with van der Waals surface area (Å²) in [6.07, 6.45) is 1.84. The number of pyridine rings is 1. The van der Waals surface area contributed by atoms with Crippen LogP contribution in [-0.4, -0.2) is 4.98 Å². The smallest absolute Gasteiger partial charge is 0.0783 e. The summed E-state index contributed by atoms with van der Waals surface area (Å²) in [6.45, 7) is 13.2. The van der Waals surface area contributed by atoms with Crippen molar-refractivity contribution in [1.29, 1.82) is 0 Å². The van der Waals surface area contributed by atoms with Gasteiger partial charge in [-0.05, 0) is 61.4 Å². The number of aromatic nitrogens is 1. The first-order valence-corrected chi connectivity index (χ1v) is 11.1. The molecule has 0 fully saturated rings. The van der Waals surface area contributed by atoms with Crippen molar-refractivity contribution >= 4 is 32.4 Å². The summed E-state index contributed by atoms with van der Waals surface area (Å²) in [5.74, 6) is 0. The van der Waals surface area contributed by atoms with Crippen LogP contribution in [-0.2, 0) is 10.8 Å². The van der Waals surface area contributed by atoms with E-state index >= 15 is 0 Å². The van der Waals surface area contributed by atoms with Gasteiger partial charge in [0.25, 0.3) is 0 Å². The molecule has 0 saturated heterocycles. The van der Waals surface area contributed by atoms with E-state index in [4.69, 9.17) is 11.8 Å². The molecule has 0 bridgehead atoms. The summed E-state index contributed by atoms with van der Waals surface area (Å²) >= 11 is 0. The third kappa shape index (κ3) is 3.28. The van der Waals surface area contributed by atoms with Crippen molar-refractivity contribution < 1.29 is 6.85 Å². The highest BCUT2D eigenvalue weighted by atomic mass is 14.6. The van der Waals surface area contributed by atoms with Gasteiger partial charge in [0.15, 0.2) is 0 Å². The minimum absolute atomic E-state index is 0.185. The lowest BCUT2D eigenvalue weighted by Gasteiger charge is -2.31. The van der Waals surface area contributed by atoms with Crippen molar-refractivity contribution in [2.24, 2.45) is 0 Å². The first-order chi connectivity index (χ1) is 17.2. The normalized spacial score (nSPS) is 14.9. The van der Waals surface area contributed by atoms with E-state index in [2.05, 4.69) is 65.8 Å². The third-order valence-corrected chi connectivity index (χ3v) is 6.14. The molecule has 0 atom stereocenters. The molecule has 4 aromatic carbocycles. The molecule has 0 N–H and O–H groups in total. The fourth-order valence-corrected chi connectivity index (χ4v) is 4.99. The van der Waals surface area contributed by atoms with Crippen LogP contribution >= 0.6 is 0 Å². The number of hydrogen-bond acceptors (Lipinski definition) is 1. The van der Waals surface area contributed by atoms with Crippen LogP contribution in [0.1, 0.15) is 59.5 Å². The van der Waals surface area contributed by atoms with Gasteiger partial charge in [0.2, 0.25) is 0 Å². The van der Waals surface area contributed by atoms with E-state index in [0.717, 1.165) is 38.0 Å². The summed E-state index contributed by atoms with van der Waals surface area (Å²) in [4.78, 5) is 4.82. The molecule has 32 heavy (non-hydrogen) atoms. The monoisotopic (exact) mass is 422 g/mol. The molecule has 1 heterocycles. The Bertz CT molecular complexity index is 1710. The predicted molar refractivity (Wildman–Crippen MR) is 140 cm³/mol. The van der Waals surface area contributed by atoms with Gasteiger partial charge in [0, 0.05) is 17.0 Å². The second kappa shape index (κ2) is 7.17. The van der Waals surface area contributed by atoms with Crippen molar-refractivity contribution in [3.05, 3.63) is 90.0 Å². The minimum atomic E-state index is -0.379. The van der Waals surface area contributed by atoms with E-state index in [1.807, 2.05) is 24.4 Å². The number of rotatable bonds is 1. The molecule has 1 nitrogen and oxygen atoms in total. The lowest BCUT2D eigenvalue weighted by atomic mass is 9.73. The number of benzene rings is 4. The largest absolute Gasteiger partial charge is 0.256 e.